The fraction of sp³-hybridized carbons (Fsp3) is 0.643. The SMILES string of the molecule is COc1cncc(C(O)C(C)(C)N2CCOCC2)c1. The van der Waals surface area contributed by atoms with Crippen molar-refractivity contribution in [1.29, 1.82) is 0 Å². The molecule has 1 aliphatic rings. The Kier molecular flexibility index (Phi) is 4.39. The summed E-state index contributed by atoms with van der Waals surface area (Å²) in [5.74, 6) is 0.661. The number of aliphatic hydroxyl groups excluding tert-OH is 1. The largest absolute Gasteiger partial charge is 0.495 e. The minimum atomic E-state index is -0.617. The predicted molar refractivity (Wildman–Crippen MR) is 72.2 cm³/mol. The quantitative estimate of drug-likeness (QED) is 0.888. The predicted octanol–water partition coefficient (Wildman–Crippen LogP) is 1.23. The van der Waals surface area contributed by atoms with Crippen molar-refractivity contribution < 1.29 is 14.6 Å². The summed E-state index contributed by atoms with van der Waals surface area (Å²) in [4.78, 5) is 6.36. The fourth-order valence-corrected chi connectivity index (χ4v) is 2.42. The van der Waals surface area contributed by atoms with Gasteiger partial charge in [0.05, 0.1) is 32.6 Å². The molecule has 1 fully saturated rings. The van der Waals surface area contributed by atoms with Crippen LogP contribution in [0.4, 0.5) is 0 Å². The van der Waals surface area contributed by atoms with Gasteiger partial charge in [-0.2, -0.15) is 0 Å². The molecule has 106 valence electrons. The summed E-state index contributed by atoms with van der Waals surface area (Å²) in [5, 5.41) is 10.6. The monoisotopic (exact) mass is 266 g/mol. The molecule has 0 bridgehead atoms. The van der Waals surface area contributed by atoms with Crippen molar-refractivity contribution in [3.63, 3.8) is 0 Å². The second kappa shape index (κ2) is 5.86. The van der Waals surface area contributed by atoms with Crippen molar-refractivity contribution in [2.75, 3.05) is 33.4 Å². The first-order chi connectivity index (χ1) is 9.05. The van der Waals surface area contributed by atoms with E-state index in [2.05, 4.69) is 9.88 Å². The van der Waals surface area contributed by atoms with Gasteiger partial charge in [-0.3, -0.25) is 9.88 Å². The van der Waals surface area contributed by atoms with Gasteiger partial charge in [-0.25, -0.2) is 0 Å². The number of aromatic nitrogens is 1. The molecule has 0 radical (unpaired) electrons. The van der Waals surface area contributed by atoms with Crippen molar-refractivity contribution in [3.05, 3.63) is 24.0 Å². The Morgan fingerprint density at radius 1 is 1.37 bits per heavy atom. The zero-order valence-electron chi connectivity index (χ0n) is 11.8. The molecule has 1 aromatic rings. The molecule has 1 aliphatic heterocycles. The summed E-state index contributed by atoms with van der Waals surface area (Å²) in [6, 6.07) is 1.83. The minimum Gasteiger partial charge on any atom is -0.495 e. The lowest BCUT2D eigenvalue weighted by Crippen LogP contribution is -2.53. The van der Waals surface area contributed by atoms with Crippen LogP contribution >= 0.6 is 0 Å². The topological polar surface area (TPSA) is 54.8 Å². The van der Waals surface area contributed by atoms with Crippen molar-refractivity contribution in [3.8, 4) is 5.75 Å². The molecular formula is C14H22N2O3. The van der Waals surface area contributed by atoms with E-state index in [1.54, 1.807) is 19.5 Å². The number of hydrogen-bond acceptors (Lipinski definition) is 5. The van der Waals surface area contributed by atoms with E-state index in [9.17, 15) is 5.11 Å². The highest BCUT2D eigenvalue weighted by Crippen LogP contribution is 2.32. The summed E-state index contributed by atoms with van der Waals surface area (Å²) in [6.07, 6.45) is 2.71. The molecule has 1 aromatic heterocycles. The number of morpholine rings is 1. The van der Waals surface area contributed by atoms with Gasteiger partial charge in [-0.05, 0) is 19.9 Å². The number of nitrogens with zero attached hydrogens (tertiary/aromatic N) is 2. The second-order valence-electron chi connectivity index (χ2n) is 5.31. The summed E-state index contributed by atoms with van der Waals surface area (Å²) in [5.41, 5.74) is 0.411. The van der Waals surface area contributed by atoms with Crippen LogP contribution in [0.25, 0.3) is 0 Å². The van der Waals surface area contributed by atoms with Crippen molar-refractivity contribution in [2.45, 2.75) is 25.5 Å². The van der Waals surface area contributed by atoms with Crippen molar-refractivity contribution >= 4 is 0 Å². The maximum absolute atomic E-state index is 10.6. The number of rotatable bonds is 4. The van der Waals surface area contributed by atoms with Gasteiger partial charge < -0.3 is 14.6 Å². The molecule has 0 amide bonds. The van der Waals surface area contributed by atoms with E-state index in [4.69, 9.17) is 9.47 Å². The molecule has 0 aliphatic carbocycles. The normalized spacial score (nSPS) is 19.2. The van der Waals surface area contributed by atoms with Gasteiger partial charge in [-0.1, -0.05) is 0 Å². The van der Waals surface area contributed by atoms with Crippen LogP contribution in [0.1, 0.15) is 25.5 Å². The van der Waals surface area contributed by atoms with Gasteiger partial charge >= 0.3 is 0 Å². The molecule has 2 heterocycles. The Labute approximate surface area is 114 Å². The van der Waals surface area contributed by atoms with E-state index in [1.165, 1.54) is 0 Å². The smallest absolute Gasteiger partial charge is 0.137 e. The number of ether oxygens (including phenoxy) is 2. The standard InChI is InChI=1S/C14H22N2O3/c1-14(2,16-4-6-19-7-5-16)13(17)11-8-12(18-3)10-15-9-11/h8-10,13,17H,4-7H2,1-3H3. The molecule has 5 heteroatoms. The Bertz CT molecular complexity index is 417. The average Bonchev–Trinajstić information content (AvgIpc) is 2.47. The van der Waals surface area contributed by atoms with E-state index >= 15 is 0 Å². The maximum Gasteiger partial charge on any atom is 0.137 e. The van der Waals surface area contributed by atoms with Gasteiger partial charge in [0.25, 0.3) is 0 Å². The van der Waals surface area contributed by atoms with Crippen LogP contribution in [-0.2, 0) is 4.74 Å². The van der Waals surface area contributed by atoms with Crippen LogP contribution in [0, 0.1) is 0 Å². The molecule has 0 saturated carbocycles. The fourth-order valence-electron chi connectivity index (χ4n) is 2.42. The van der Waals surface area contributed by atoms with E-state index in [-0.39, 0.29) is 5.54 Å². The number of aliphatic hydroxyl groups is 1. The second-order valence-corrected chi connectivity index (χ2v) is 5.31. The lowest BCUT2D eigenvalue weighted by atomic mass is 9.90. The zero-order valence-corrected chi connectivity index (χ0v) is 11.8. The number of hydrogen-bond donors (Lipinski definition) is 1. The van der Waals surface area contributed by atoms with Crippen molar-refractivity contribution in [1.82, 2.24) is 9.88 Å². The highest BCUT2D eigenvalue weighted by atomic mass is 16.5. The first-order valence-corrected chi connectivity index (χ1v) is 6.55. The molecule has 1 unspecified atom stereocenters. The van der Waals surface area contributed by atoms with Gasteiger partial charge in [0.15, 0.2) is 0 Å². The molecular weight excluding hydrogens is 244 g/mol. The Morgan fingerprint density at radius 2 is 2.05 bits per heavy atom. The molecule has 5 nitrogen and oxygen atoms in total. The summed E-state index contributed by atoms with van der Waals surface area (Å²) in [7, 11) is 1.60. The van der Waals surface area contributed by atoms with Gasteiger partial charge in [0, 0.05) is 30.4 Å². The molecule has 0 spiro atoms. The van der Waals surface area contributed by atoms with Crippen LogP contribution in [0.15, 0.2) is 18.5 Å². The lowest BCUT2D eigenvalue weighted by molar-refractivity contribution is -0.0631. The van der Waals surface area contributed by atoms with Gasteiger partial charge in [0.2, 0.25) is 0 Å². The minimum absolute atomic E-state index is 0.363. The zero-order chi connectivity index (χ0) is 13.9. The van der Waals surface area contributed by atoms with E-state index in [1.807, 2.05) is 19.9 Å². The van der Waals surface area contributed by atoms with E-state index in [0.29, 0.717) is 19.0 Å². The Balaban J connectivity index is 2.18. The third-order valence-corrected chi connectivity index (χ3v) is 3.78. The van der Waals surface area contributed by atoms with Crippen LogP contribution in [0.5, 0.6) is 5.75 Å². The van der Waals surface area contributed by atoms with E-state index < -0.39 is 6.10 Å². The van der Waals surface area contributed by atoms with Crippen molar-refractivity contribution in [2.24, 2.45) is 0 Å². The summed E-state index contributed by atoms with van der Waals surface area (Å²) >= 11 is 0. The van der Waals surface area contributed by atoms with Crippen LogP contribution in [0.3, 0.4) is 0 Å². The Morgan fingerprint density at radius 3 is 2.68 bits per heavy atom. The average molecular weight is 266 g/mol. The molecule has 19 heavy (non-hydrogen) atoms. The van der Waals surface area contributed by atoms with Gasteiger partial charge in [0.1, 0.15) is 5.75 Å². The Hall–Kier alpha value is -1.17. The number of methoxy groups -OCH3 is 1. The highest BCUT2D eigenvalue weighted by molar-refractivity contribution is 5.27. The highest BCUT2D eigenvalue weighted by Gasteiger charge is 2.36. The molecule has 1 N–H and O–H groups in total. The summed E-state index contributed by atoms with van der Waals surface area (Å²) < 4.78 is 10.5. The van der Waals surface area contributed by atoms with Gasteiger partial charge in [-0.15, -0.1) is 0 Å². The first kappa shape index (κ1) is 14.2. The summed E-state index contributed by atoms with van der Waals surface area (Å²) in [6.45, 7) is 7.19. The molecule has 1 saturated heterocycles. The molecule has 1 atom stereocenters. The maximum atomic E-state index is 10.6. The third-order valence-electron chi connectivity index (χ3n) is 3.78. The van der Waals surface area contributed by atoms with E-state index in [0.717, 1.165) is 18.7 Å². The first-order valence-electron chi connectivity index (χ1n) is 6.55. The lowest BCUT2D eigenvalue weighted by Gasteiger charge is -2.43. The van der Waals surface area contributed by atoms with Crippen LogP contribution in [-0.4, -0.2) is 53.9 Å². The molecule has 0 aromatic carbocycles. The van der Waals surface area contributed by atoms with Crippen LogP contribution < -0.4 is 4.74 Å². The number of pyridine rings is 1. The van der Waals surface area contributed by atoms with Crippen LogP contribution in [0.2, 0.25) is 0 Å². The molecule has 2 rings (SSSR count). The third kappa shape index (κ3) is 3.05.